The molecule has 2 nitrogen and oxygen atoms in total. The largest absolute Gasteiger partial charge is 0.364 e. The summed E-state index contributed by atoms with van der Waals surface area (Å²) in [5.41, 5.74) is 0.856. The second kappa shape index (κ2) is 5.98. The zero-order valence-electron chi connectivity index (χ0n) is 8.24. The average molecular weight is 170 g/mol. The maximum Gasteiger partial charge on any atom is 0.180 e. The van der Waals surface area contributed by atoms with Crippen LogP contribution in [0.25, 0.3) is 0 Å². The van der Waals surface area contributed by atoms with Crippen molar-refractivity contribution in [3.05, 3.63) is 23.8 Å². The summed E-state index contributed by atoms with van der Waals surface area (Å²) in [6.45, 7) is 6.06. The van der Waals surface area contributed by atoms with E-state index in [4.69, 9.17) is 9.84 Å². The van der Waals surface area contributed by atoms with Gasteiger partial charge < -0.3 is 9.84 Å². The Hall–Kier alpha value is -0.600. The van der Waals surface area contributed by atoms with Crippen molar-refractivity contribution in [3.8, 4) is 0 Å². The fourth-order valence-electron chi connectivity index (χ4n) is 0.978. The maximum absolute atomic E-state index is 9.13. The minimum absolute atomic E-state index is 0.430. The minimum Gasteiger partial charge on any atom is -0.364 e. The molecule has 0 aromatic heterocycles. The van der Waals surface area contributed by atoms with Crippen LogP contribution in [0.15, 0.2) is 23.8 Å². The van der Waals surface area contributed by atoms with Gasteiger partial charge in [0.15, 0.2) is 6.29 Å². The molecule has 2 unspecified atom stereocenters. The Morgan fingerprint density at radius 3 is 2.42 bits per heavy atom. The van der Waals surface area contributed by atoms with Crippen molar-refractivity contribution in [1.29, 1.82) is 0 Å². The number of ether oxygens (including phenoxy) is 1. The second-order valence-electron chi connectivity index (χ2n) is 2.47. The Morgan fingerprint density at radius 2 is 2.08 bits per heavy atom. The van der Waals surface area contributed by atoms with Crippen molar-refractivity contribution in [2.45, 2.75) is 27.1 Å². The molecular formula is C10H18O2. The Labute approximate surface area is 74.6 Å². The quantitative estimate of drug-likeness (QED) is 0.643. The van der Waals surface area contributed by atoms with Crippen LogP contribution in [0.4, 0.5) is 0 Å². The van der Waals surface area contributed by atoms with Crippen molar-refractivity contribution >= 4 is 0 Å². The van der Waals surface area contributed by atoms with Gasteiger partial charge in [0.2, 0.25) is 0 Å². The molecule has 70 valence electrons. The molecule has 0 heterocycles. The van der Waals surface area contributed by atoms with Crippen LogP contribution in [0.3, 0.4) is 0 Å². The lowest BCUT2D eigenvalue weighted by Crippen LogP contribution is -2.09. The summed E-state index contributed by atoms with van der Waals surface area (Å²) in [5.74, 6) is 0.430. The van der Waals surface area contributed by atoms with Crippen molar-refractivity contribution in [3.63, 3.8) is 0 Å². The molecule has 0 aliphatic heterocycles. The lowest BCUT2D eigenvalue weighted by Gasteiger charge is -2.06. The van der Waals surface area contributed by atoms with Gasteiger partial charge in [0, 0.05) is 12.7 Å². The molecule has 2 heteroatoms. The third kappa shape index (κ3) is 3.20. The highest BCUT2D eigenvalue weighted by Gasteiger charge is 2.11. The smallest absolute Gasteiger partial charge is 0.180 e. The van der Waals surface area contributed by atoms with Crippen LogP contribution in [-0.4, -0.2) is 18.5 Å². The number of methoxy groups -OCH3 is 1. The molecule has 1 rings (SSSR count). The van der Waals surface area contributed by atoms with Gasteiger partial charge in [0.1, 0.15) is 0 Å². The summed E-state index contributed by atoms with van der Waals surface area (Å²) in [6, 6.07) is 0. The summed E-state index contributed by atoms with van der Waals surface area (Å²) in [6.07, 6.45) is 5.14. The summed E-state index contributed by atoms with van der Waals surface area (Å²) in [5, 5.41) is 9.13. The average Bonchev–Trinajstić information content (AvgIpc) is 2.54. The summed E-state index contributed by atoms with van der Waals surface area (Å²) in [7, 11) is 1.49. The molecule has 0 radical (unpaired) electrons. The number of allylic oxidation sites excluding steroid dienone is 2. The zero-order valence-corrected chi connectivity index (χ0v) is 8.24. The fourth-order valence-corrected chi connectivity index (χ4v) is 0.978. The molecule has 0 bridgehead atoms. The summed E-state index contributed by atoms with van der Waals surface area (Å²) >= 11 is 0. The topological polar surface area (TPSA) is 29.5 Å². The van der Waals surface area contributed by atoms with Crippen LogP contribution >= 0.6 is 0 Å². The van der Waals surface area contributed by atoms with Crippen LogP contribution in [0.5, 0.6) is 0 Å². The highest BCUT2D eigenvalue weighted by Crippen LogP contribution is 2.17. The molecule has 0 aromatic rings. The highest BCUT2D eigenvalue weighted by atomic mass is 16.6. The summed E-state index contributed by atoms with van der Waals surface area (Å²) < 4.78 is 4.72. The Balaban J connectivity index is 0.000000561. The van der Waals surface area contributed by atoms with Gasteiger partial charge in [-0.3, -0.25) is 0 Å². The van der Waals surface area contributed by atoms with Gasteiger partial charge in [0.05, 0.1) is 0 Å². The van der Waals surface area contributed by atoms with Crippen LogP contribution in [0.1, 0.15) is 20.8 Å². The van der Waals surface area contributed by atoms with E-state index in [1.807, 2.05) is 32.1 Å². The minimum atomic E-state index is -0.749. The maximum atomic E-state index is 9.13. The van der Waals surface area contributed by atoms with E-state index < -0.39 is 6.29 Å². The molecule has 2 atom stereocenters. The Kier molecular flexibility index (Phi) is 5.68. The van der Waals surface area contributed by atoms with Gasteiger partial charge >= 0.3 is 0 Å². The van der Waals surface area contributed by atoms with E-state index in [0.717, 1.165) is 5.57 Å². The predicted molar refractivity (Wildman–Crippen MR) is 50.8 cm³/mol. The highest BCUT2D eigenvalue weighted by molar-refractivity contribution is 5.29. The molecular weight excluding hydrogens is 152 g/mol. The first kappa shape index (κ1) is 11.4. The number of hydrogen-bond acceptors (Lipinski definition) is 2. The Bertz CT molecular complexity index is 171. The second-order valence-corrected chi connectivity index (χ2v) is 2.47. The lowest BCUT2D eigenvalue weighted by molar-refractivity contribution is -0.0420. The first-order chi connectivity index (χ1) is 5.74. The molecule has 1 N–H and O–H groups in total. The molecule has 1 aliphatic rings. The fraction of sp³-hybridized carbons (Fsp3) is 0.600. The third-order valence-electron chi connectivity index (χ3n) is 1.56. The van der Waals surface area contributed by atoms with E-state index >= 15 is 0 Å². The van der Waals surface area contributed by atoms with Gasteiger partial charge in [-0.1, -0.05) is 39.0 Å². The van der Waals surface area contributed by atoms with E-state index in [-0.39, 0.29) is 0 Å². The van der Waals surface area contributed by atoms with Gasteiger partial charge in [-0.15, -0.1) is 0 Å². The molecule has 0 saturated carbocycles. The molecule has 0 fully saturated rings. The van der Waals surface area contributed by atoms with E-state index in [1.54, 1.807) is 0 Å². The molecule has 0 aromatic carbocycles. The molecule has 1 aliphatic carbocycles. The van der Waals surface area contributed by atoms with E-state index in [0.29, 0.717) is 5.92 Å². The third-order valence-corrected chi connectivity index (χ3v) is 1.56. The van der Waals surface area contributed by atoms with Crippen LogP contribution in [-0.2, 0) is 4.74 Å². The van der Waals surface area contributed by atoms with Crippen molar-refractivity contribution < 1.29 is 9.84 Å². The number of rotatable bonds is 2. The van der Waals surface area contributed by atoms with E-state index in [9.17, 15) is 0 Å². The molecule has 0 spiro atoms. The van der Waals surface area contributed by atoms with Crippen LogP contribution in [0, 0.1) is 5.92 Å². The summed E-state index contributed by atoms with van der Waals surface area (Å²) in [4.78, 5) is 0. The van der Waals surface area contributed by atoms with E-state index in [2.05, 4.69) is 6.92 Å². The Morgan fingerprint density at radius 1 is 1.50 bits per heavy atom. The van der Waals surface area contributed by atoms with Gasteiger partial charge in [-0.2, -0.15) is 0 Å². The van der Waals surface area contributed by atoms with Crippen LogP contribution < -0.4 is 0 Å². The van der Waals surface area contributed by atoms with Crippen molar-refractivity contribution in [1.82, 2.24) is 0 Å². The van der Waals surface area contributed by atoms with Crippen molar-refractivity contribution in [2.24, 2.45) is 5.92 Å². The number of hydrogen-bond donors (Lipinski definition) is 1. The lowest BCUT2D eigenvalue weighted by atomic mass is 10.2. The molecule has 0 saturated heterocycles. The van der Waals surface area contributed by atoms with Crippen molar-refractivity contribution in [2.75, 3.05) is 7.11 Å². The molecule has 0 amide bonds. The van der Waals surface area contributed by atoms with Gasteiger partial charge in [-0.25, -0.2) is 0 Å². The SMILES string of the molecule is CC.COC(O)C1=CC(C)C=C1. The first-order valence-electron chi connectivity index (χ1n) is 4.35. The molecule has 12 heavy (non-hydrogen) atoms. The standard InChI is InChI=1S/C8H12O2.C2H6/c1-6-3-4-7(5-6)8(9)10-2;1-2/h3-6,8-9H,1-2H3;1-2H3. The zero-order chi connectivity index (χ0) is 9.56. The number of aliphatic hydroxyl groups is 1. The van der Waals surface area contributed by atoms with Gasteiger partial charge in [-0.05, 0) is 5.92 Å². The van der Waals surface area contributed by atoms with E-state index in [1.165, 1.54) is 7.11 Å². The monoisotopic (exact) mass is 170 g/mol. The predicted octanol–water partition coefficient (Wildman–Crippen LogP) is 2.11. The normalized spacial score (nSPS) is 22.8. The van der Waals surface area contributed by atoms with Crippen LogP contribution in [0.2, 0.25) is 0 Å². The van der Waals surface area contributed by atoms with Gasteiger partial charge in [0.25, 0.3) is 0 Å². The number of aliphatic hydroxyl groups excluding tert-OH is 1. The first-order valence-corrected chi connectivity index (χ1v) is 4.35.